The van der Waals surface area contributed by atoms with Crippen molar-refractivity contribution in [1.29, 1.82) is 0 Å². The van der Waals surface area contributed by atoms with Crippen molar-refractivity contribution in [3.8, 4) is 11.3 Å². The summed E-state index contributed by atoms with van der Waals surface area (Å²) < 4.78 is 5.30. The van der Waals surface area contributed by atoms with Gasteiger partial charge in [-0.2, -0.15) is 0 Å². The van der Waals surface area contributed by atoms with E-state index >= 15 is 0 Å². The lowest BCUT2D eigenvalue weighted by Crippen LogP contribution is -2.53. The standard InChI is InChI=1S/C16H19N3O/c1-2-12-3-5-13(6-4-12)14-7-8-18-15(19-14)16(9-17)10-20-11-16/h3-8H,2,9-11,17H2,1H3. The number of aryl methyl sites for hydroxylation is 1. The van der Waals surface area contributed by atoms with Gasteiger partial charge in [-0.05, 0) is 18.1 Å². The van der Waals surface area contributed by atoms with Crippen LogP contribution in [-0.4, -0.2) is 29.7 Å². The molecule has 0 radical (unpaired) electrons. The Labute approximate surface area is 119 Å². The van der Waals surface area contributed by atoms with Crippen molar-refractivity contribution in [2.45, 2.75) is 18.8 Å². The highest BCUT2D eigenvalue weighted by molar-refractivity contribution is 5.59. The minimum Gasteiger partial charge on any atom is -0.379 e. The van der Waals surface area contributed by atoms with Crippen molar-refractivity contribution >= 4 is 0 Å². The first-order valence-electron chi connectivity index (χ1n) is 6.98. The second-order valence-electron chi connectivity index (χ2n) is 5.29. The van der Waals surface area contributed by atoms with E-state index in [4.69, 9.17) is 15.5 Å². The number of benzene rings is 1. The Morgan fingerprint density at radius 1 is 1.20 bits per heavy atom. The Hall–Kier alpha value is -1.78. The Morgan fingerprint density at radius 3 is 2.50 bits per heavy atom. The molecule has 2 aromatic rings. The van der Waals surface area contributed by atoms with E-state index in [0.29, 0.717) is 19.8 Å². The van der Waals surface area contributed by atoms with E-state index in [9.17, 15) is 0 Å². The summed E-state index contributed by atoms with van der Waals surface area (Å²) in [6.07, 6.45) is 2.85. The zero-order valence-electron chi connectivity index (χ0n) is 11.7. The molecule has 1 aliphatic heterocycles. The van der Waals surface area contributed by atoms with Crippen molar-refractivity contribution in [2.75, 3.05) is 19.8 Å². The minimum absolute atomic E-state index is 0.195. The van der Waals surface area contributed by atoms with Crippen LogP contribution in [-0.2, 0) is 16.6 Å². The van der Waals surface area contributed by atoms with Crippen molar-refractivity contribution in [3.05, 3.63) is 47.9 Å². The van der Waals surface area contributed by atoms with Gasteiger partial charge in [-0.25, -0.2) is 9.97 Å². The van der Waals surface area contributed by atoms with Crippen LogP contribution in [0.4, 0.5) is 0 Å². The maximum absolute atomic E-state index is 5.87. The molecular formula is C16H19N3O. The lowest BCUT2D eigenvalue weighted by Gasteiger charge is -2.38. The van der Waals surface area contributed by atoms with Gasteiger partial charge in [0.2, 0.25) is 0 Å². The second-order valence-corrected chi connectivity index (χ2v) is 5.29. The maximum atomic E-state index is 5.87. The highest BCUT2D eigenvalue weighted by atomic mass is 16.5. The number of nitrogens with two attached hydrogens (primary N) is 1. The Bertz CT molecular complexity index is 585. The molecule has 2 heterocycles. The molecule has 0 saturated carbocycles. The van der Waals surface area contributed by atoms with Crippen LogP contribution in [0, 0.1) is 0 Å². The van der Waals surface area contributed by atoms with Crippen molar-refractivity contribution in [3.63, 3.8) is 0 Å². The molecule has 0 bridgehead atoms. The van der Waals surface area contributed by atoms with E-state index in [1.807, 2.05) is 6.07 Å². The van der Waals surface area contributed by atoms with Gasteiger partial charge in [-0.3, -0.25) is 0 Å². The molecule has 4 heteroatoms. The number of rotatable bonds is 4. The predicted molar refractivity (Wildman–Crippen MR) is 78.4 cm³/mol. The van der Waals surface area contributed by atoms with Crippen LogP contribution in [0.5, 0.6) is 0 Å². The lowest BCUT2D eigenvalue weighted by atomic mass is 9.85. The molecule has 1 aliphatic rings. The summed E-state index contributed by atoms with van der Waals surface area (Å²) in [4.78, 5) is 9.08. The molecule has 1 fully saturated rings. The fourth-order valence-corrected chi connectivity index (χ4v) is 2.37. The summed E-state index contributed by atoms with van der Waals surface area (Å²) in [6.45, 7) is 3.90. The number of aromatic nitrogens is 2. The molecule has 1 aromatic carbocycles. The monoisotopic (exact) mass is 269 g/mol. The molecule has 1 aromatic heterocycles. The van der Waals surface area contributed by atoms with Crippen molar-refractivity contribution < 1.29 is 4.74 Å². The first-order valence-corrected chi connectivity index (χ1v) is 6.98. The van der Waals surface area contributed by atoms with Gasteiger partial charge in [-0.15, -0.1) is 0 Å². The number of nitrogens with zero attached hydrogens (tertiary/aromatic N) is 2. The first kappa shape index (κ1) is 13.2. The van der Waals surface area contributed by atoms with Gasteiger partial charge in [0.05, 0.1) is 24.3 Å². The van der Waals surface area contributed by atoms with Crippen LogP contribution < -0.4 is 5.73 Å². The van der Waals surface area contributed by atoms with E-state index in [1.165, 1.54) is 5.56 Å². The SMILES string of the molecule is CCc1ccc(-c2ccnc(C3(CN)COC3)n2)cc1. The normalized spacial score (nSPS) is 16.7. The average molecular weight is 269 g/mol. The molecule has 0 spiro atoms. The van der Waals surface area contributed by atoms with Gasteiger partial charge in [0.15, 0.2) is 0 Å². The Kier molecular flexibility index (Phi) is 3.51. The molecule has 3 rings (SSSR count). The van der Waals surface area contributed by atoms with Gasteiger partial charge < -0.3 is 10.5 Å². The van der Waals surface area contributed by atoms with Gasteiger partial charge in [0.25, 0.3) is 0 Å². The van der Waals surface area contributed by atoms with Gasteiger partial charge in [-0.1, -0.05) is 31.2 Å². The summed E-state index contributed by atoms with van der Waals surface area (Å²) in [5, 5.41) is 0. The molecule has 20 heavy (non-hydrogen) atoms. The van der Waals surface area contributed by atoms with Crippen molar-refractivity contribution in [2.24, 2.45) is 5.73 Å². The van der Waals surface area contributed by atoms with Gasteiger partial charge in [0.1, 0.15) is 5.82 Å². The quantitative estimate of drug-likeness (QED) is 0.921. The van der Waals surface area contributed by atoms with E-state index in [-0.39, 0.29) is 5.41 Å². The molecular weight excluding hydrogens is 250 g/mol. The summed E-state index contributed by atoms with van der Waals surface area (Å²) in [5.41, 5.74) is 9.05. The van der Waals surface area contributed by atoms with Gasteiger partial charge in [0, 0.05) is 18.3 Å². The zero-order chi connectivity index (χ0) is 14.0. The van der Waals surface area contributed by atoms with E-state index in [0.717, 1.165) is 23.5 Å². The third kappa shape index (κ3) is 2.21. The highest BCUT2D eigenvalue weighted by Gasteiger charge is 2.42. The molecule has 104 valence electrons. The molecule has 0 atom stereocenters. The van der Waals surface area contributed by atoms with Crippen LogP contribution in [0.2, 0.25) is 0 Å². The second kappa shape index (κ2) is 5.31. The van der Waals surface area contributed by atoms with Gasteiger partial charge >= 0.3 is 0 Å². The predicted octanol–water partition coefficient (Wildman–Crippen LogP) is 1.93. The topological polar surface area (TPSA) is 61.0 Å². The molecule has 2 N–H and O–H groups in total. The number of hydrogen-bond donors (Lipinski definition) is 1. The third-order valence-corrected chi connectivity index (χ3v) is 3.94. The lowest BCUT2D eigenvalue weighted by molar-refractivity contribution is -0.0593. The minimum atomic E-state index is -0.195. The highest BCUT2D eigenvalue weighted by Crippen LogP contribution is 2.29. The zero-order valence-corrected chi connectivity index (χ0v) is 11.7. The van der Waals surface area contributed by atoms with Crippen LogP contribution in [0.25, 0.3) is 11.3 Å². The summed E-state index contributed by atoms with van der Waals surface area (Å²) in [7, 11) is 0. The molecule has 0 unspecified atom stereocenters. The largest absolute Gasteiger partial charge is 0.379 e. The summed E-state index contributed by atoms with van der Waals surface area (Å²) >= 11 is 0. The molecule has 1 saturated heterocycles. The van der Waals surface area contributed by atoms with Crippen LogP contribution in [0.15, 0.2) is 36.5 Å². The Morgan fingerprint density at radius 2 is 1.95 bits per heavy atom. The molecule has 0 amide bonds. The first-order chi connectivity index (χ1) is 9.77. The number of hydrogen-bond acceptors (Lipinski definition) is 4. The Balaban J connectivity index is 1.94. The van der Waals surface area contributed by atoms with E-state index in [2.05, 4.69) is 36.2 Å². The molecule has 0 aliphatic carbocycles. The fraction of sp³-hybridized carbons (Fsp3) is 0.375. The number of ether oxygens (including phenoxy) is 1. The van der Waals surface area contributed by atoms with Crippen LogP contribution in [0.3, 0.4) is 0 Å². The van der Waals surface area contributed by atoms with E-state index < -0.39 is 0 Å². The van der Waals surface area contributed by atoms with Crippen LogP contribution >= 0.6 is 0 Å². The average Bonchev–Trinajstić information content (AvgIpc) is 2.47. The van der Waals surface area contributed by atoms with Crippen molar-refractivity contribution in [1.82, 2.24) is 9.97 Å². The summed E-state index contributed by atoms with van der Waals surface area (Å²) in [6, 6.07) is 10.4. The maximum Gasteiger partial charge on any atom is 0.141 e. The fourth-order valence-electron chi connectivity index (χ4n) is 2.37. The summed E-state index contributed by atoms with van der Waals surface area (Å²) in [5.74, 6) is 0.795. The molecule has 4 nitrogen and oxygen atoms in total. The van der Waals surface area contributed by atoms with E-state index in [1.54, 1.807) is 6.20 Å². The van der Waals surface area contributed by atoms with Crippen LogP contribution in [0.1, 0.15) is 18.3 Å². The smallest absolute Gasteiger partial charge is 0.141 e. The third-order valence-electron chi connectivity index (χ3n) is 3.94.